The summed E-state index contributed by atoms with van der Waals surface area (Å²) in [6.45, 7) is 1.90. The number of thiophene rings is 1. The van der Waals surface area contributed by atoms with Gasteiger partial charge in [-0.15, -0.1) is 11.3 Å². The molecular formula is C13H20OS. The second kappa shape index (κ2) is 7.63. The van der Waals surface area contributed by atoms with Gasteiger partial charge in [-0.1, -0.05) is 45.1 Å². The first-order valence-corrected chi connectivity index (χ1v) is 6.75. The van der Waals surface area contributed by atoms with Crippen molar-refractivity contribution in [3.63, 3.8) is 0 Å². The maximum atomic E-state index is 10.9. The first-order valence-electron chi connectivity index (χ1n) is 5.87. The Hall–Kier alpha value is -0.630. The van der Waals surface area contributed by atoms with Crippen LogP contribution in [0, 0.1) is 0 Å². The number of ketones is 1. The average Bonchev–Trinajstić information content (AvgIpc) is 2.92. The van der Waals surface area contributed by atoms with E-state index < -0.39 is 0 Å². The van der Waals surface area contributed by atoms with Gasteiger partial charge in [0.1, 0.15) is 5.78 Å². The minimum atomic E-state index is 0.322. The quantitative estimate of drug-likeness (QED) is 0.751. The van der Waals surface area contributed by atoms with Gasteiger partial charge in [0.2, 0.25) is 0 Å². The van der Waals surface area contributed by atoms with Gasteiger partial charge in [0.25, 0.3) is 0 Å². The molecule has 15 heavy (non-hydrogen) atoms. The summed E-state index contributed by atoms with van der Waals surface area (Å²) in [5.41, 5.74) is 0. The van der Waals surface area contributed by atoms with Gasteiger partial charge in [-0.05, 0) is 11.4 Å². The van der Waals surface area contributed by atoms with Crippen LogP contribution in [-0.2, 0) is 11.2 Å². The van der Waals surface area contributed by atoms with Crippen LogP contribution in [0.2, 0.25) is 0 Å². The lowest BCUT2D eigenvalue weighted by Gasteiger charge is -1.90. The molecule has 0 amide bonds. The summed E-state index contributed by atoms with van der Waals surface area (Å²) >= 11 is 1.65. The number of carbonyl (C=O) groups is 1. The van der Waals surface area contributed by atoms with Crippen molar-refractivity contribution in [2.75, 3.05) is 0 Å². The van der Waals surface area contributed by atoms with E-state index in [-0.39, 0.29) is 0 Å². The highest BCUT2D eigenvalue weighted by Crippen LogP contribution is 2.15. The SMILES string of the molecule is C1CCCC1.CCC(=O)Cc1cccs1. The van der Waals surface area contributed by atoms with E-state index in [0.717, 1.165) is 0 Å². The lowest BCUT2D eigenvalue weighted by atomic mass is 10.2. The van der Waals surface area contributed by atoms with Gasteiger partial charge in [0, 0.05) is 17.7 Å². The standard InChI is InChI=1S/C8H10OS.C5H10/c1-2-7(9)6-8-4-3-5-10-8;1-2-4-5-3-1/h3-5H,2,6H2,1H3;1-5H2. The molecule has 2 heteroatoms. The summed E-state index contributed by atoms with van der Waals surface area (Å²) in [4.78, 5) is 12.1. The first kappa shape index (κ1) is 12.4. The van der Waals surface area contributed by atoms with E-state index in [9.17, 15) is 4.79 Å². The van der Waals surface area contributed by atoms with Crippen LogP contribution in [0.3, 0.4) is 0 Å². The Kier molecular flexibility index (Phi) is 6.33. The van der Waals surface area contributed by atoms with Gasteiger partial charge in [-0.25, -0.2) is 0 Å². The van der Waals surface area contributed by atoms with Gasteiger partial charge < -0.3 is 0 Å². The molecule has 1 saturated carbocycles. The van der Waals surface area contributed by atoms with Crippen LogP contribution in [-0.4, -0.2) is 5.78 Å². The molecule has 1 heterocycles. The van der Waals surface area contributed by atoms with Gasteiger partial charge in [-0.2, -0.15) is 0 Å². The van der Waals surface area contributed by atoms with Crippen molar-refractivity contribution in [3.05, 3.63) is 22.4 Å². The molecule has 0 atom stereocenters. The second-order valence-corrected chi connectivity index (χ2v) is 4.95. The topological polar surface area (TPSA) is 17.1 Å². The fraction of sp³-hybridized carbons (Fsp3) is 0.615. The fourth-order valence-corrected chi connectivity index (χ4v) is 2.35. The molecule has 1 nitrogen and oxygen atoms in total. The van der Waals surface area contributed by atoms with Crippen LogP contribution in [0.15, 0.2) is 17.5 Å². The molecular weight excluding hydrogens is 204 g/mol. The molecule has 0 unspecified atom stereocenters. The fourth-order valence-electron chi connectivity index (χ4n) is 1.62. The minimum Gasteiger partial charge on any atom is -0.299 e. The van der Waals surface area contributed by atoms with Crippen LogP contribution in [0.5, 0.6) is 0 Å². The summed E-state index contributed by atoms with van der Waals surface area (Å²) < 4.78 is 0. The molecule has 2 rings (SSSR count). The largest absolute Gasteiger partial charge is 0.299 e. The highest BCUT2D eigenvalue weighted by molar-refractivity contribution is 7.10. The zero-order valence-electron chi connectivity index (χ0n) is 9.50. The van der Waals surface area contributed by atoms with Crippen LogP contribution in [0.25, 0.3) is 0 Å². The summed E-state index contributed by atoms with van der Waals surface area (Å²) in [5.74, 6) is 0.322. The Morgan fingerprint density at radius 2 is 1.87 bits per heavy atom. The molecule has 0 spiro atoms. The Morgan fingerprint density at radius 1 is 1.27 bits per heavy atom. The molecule has 0 aromatic carbocycles. The molecule has 1 aliphatic rings. The highest BCUT2D eigenvalue weighted by Gasteiger charge is 1.99. The third-order valence-electron chi connectivity index (χ3n) is 2.60. The van der Waals surface area contributed by atoms with Crippen LogP contribution >= 0.6 is 11.3 Å². The van der Waals surface area contributed by atoms with E-state index in [0.29, 0.717) is 18.6 Å². The van der Waals surface area contributed by atoms with E-state index >= 15 is 0 Å². The monoisotopic (exact) mass is 224 g/mol. The predicted octanol–water partition coefficient (Wildman–Crippen LogP) is 4.22. The number of carbonyl (C=O) groups excluding carboxylic acids is 1. The molecule has 0 bridgehead atoms. The second-order valence-electron chi connectivity index (χ2n) is 3.92. The number of rotatable bonds is 3. The number of Topliss-reactive ketones (excluding diaryl/α,β-unsaturated/α-hetero) is 1. The van der Waals surface area contributed by atoms with Gasteiger partial charge in [-0.3, -0.25) is 4.79 Å². The van der Waals surface area contributed by atoms with E-state index in [1.165, 1.54) is 37.0 Å². The van der Waals surface area contributed by atoms with Crippen molar-refractivity contribution in [2.45, 2.75) is 51.9 Å². The van der Waals surface area contributed by atoms with Crippen molar-refractivity contribution in [1.29, 1.82) is 0 Å². The first-order chi connectivity index (χ1) is 7.33. The highest BCUT2D eigenvalue weighted by atomic mass is 32.1. The summed E-state index contributed by atoms with van der Waals surface area (Å²) in [5, 5.41) is 2.00. The molecule has 0 saturated heterocycles. The van der Waals surface area contributed by atoms with Crippen molar-refractivity contribution in [2.24, 2.45) is 0 Å². The van der Waals surface area contributed by atoms with Crippen molar-refractivity contribution >= 4 is 17.1 Å². The molecule has 84 valence electrons. The smallest absolute Gasteiger partial charge is 0.137 e. The summed E-state index contributed by atoms with van der Waals surface area (Å²) in [6, 6.07) is 3.97. The van der Waals surface area contributed by atoms with Gasteiger partial charge in [0.15, 0.2) is 0 Å². The van der Waals surface area contributed by atoms with Gasteiger partial charge in [0.05, 0.1) is 0 Å². The number of hydrogen-bond donors (Lipinski definition) is 0. The predicted molar refractivity (Wildman–Crippen MR) is 66.4 cm³/mol. The van der Waals surface area contributed by atoms with Crippen molar-refractivity contribution < 1.29 is 4.79 Å². The summed E-state index contributed by atoms with van der Waals surface area (Å²) in [6.07, 6.45) is 8.77. The summed E-state index contributed by atoms with van der Waals surface area (Å²) in [7, 11) is 0. The molecule has 1 aliphatic carbocycles. The minimum absolute atomic E-state index is 0.322. The Labute approximate surface area is 96.5 Å². The maximum Gasteiger partial charge on any atom is 0.137 e. The van der Waals surface area contributed by atoms with Gasteiger partial charge >= 0.3 is 0 Å². The molecule has 1 aromatic heterocycles. The molecule has 0 radical (unpaired) electrons. The van der Waals surface area contributed by atoms with Crippen molar-refractivity contribution in [1.82, 2.24) is 0 Å². The lowest BCUT2D eigenvalue weighted by Crippen LogP contribution is -1.97. The van der Waals surface area contributed by atoms with E-state index in [1.54, 1.807) is 11.3 Å². The number of hydrogen-bond acceptors (Lipinski definition) is 2. The Balaban J connectivity index is 0.000000187. The van der Waals surface area contributed by atoms with Crippen LogP contribution < -0.4 is 0 Å². The molecule has 1 aromatic rings. The average molecular weight is 224 g/mol. The Morgan fingerprint density at radius 3 is 2.27 bits per heavy atom. The van der Waals surface area contributed by atoms with Crippen LogP contribution in [0.4, 0.5) is 0 Å². The van der Waals surface area contributed by atoms with E-state index in [1.807, 2.05) is 24.4 Å². The Bertz CT molecular complexity index is 252. The van der Waals surface area contributed by atoms with E-state index in [2.05, 4.69) is 0 Å². The normalized spacial score (nSPS) is 14.5. The van der Waals surface area contributed by atoms with E-state index in [4.69, 9.17) is 0 Å². The molecule has 1 fully saturated rings. The third kappa shape index (κ3) is 5.73. The lowest BCUT2D eigenvalue weighted by molar-refractivity contribution is -0.118. The zero-order valence-corrected chi connectivity index (χ0v) is 10.3. The van der Waals surface area contributed by atoms with Crippen molar-refractivity contribution in [3.8, 4) is 0 Å². The third-order valence-corrected chi connectivity index (χ3v) is 3.47. The van der Waals surface area contributed by atoms with Crippen LogP contribution in [0.1, 0.15) is 50.3 Å². The molecule has 0 aliphatic heterocycles. The maximum absolute atomic E-state index is 10.9. The molecule has 0 N–H and O–H groups in total. The zero-order chi connectivity index (χ0) is 10.9.